The van der Waals surface area contributed by atoms with Crippen molar-refractivity contribution in [1.29, 1.82) is 0 Å². The summed E-state index contributed by atoms with van der Waals surface area (Å²) in [6, 6.07) is 3.82. The lowest BCUT2D eigenvalue weighted by Gasteiger charge is -2.28. The summed E-state index contributed by atoms with van der Waals surface area (Å²) >= 11 is 0. The van der Waals surface area contributed by atoms with Gasteiger partial charge >= 0.3 is 0 Å². The van der Waals surface area contributed by atoms with Crippen LogP contribution in [-0.2, 0) is 22.7 Å². The van der Waals surface area contributed by atoms with Gasteiger partial charge in [-0.05, 0) is 25.1 Å². The van der Waals surface area contributed by atoms with Crippen LogP contribution >= 0.6 is 0 Å². The highest BCUT2D eigenvalue weighted by molar-refractivity contribution is 6.24. The number of benzene rings is 1. The minimum atomic E-state index is -1.00. The molecule has 0 aliphatic carbocycles. The molecule has 3 atom stereocenters. The molecule has 3 N–H and O–H groups in total. The third-order valence-corrected chi connectivity index (χ3v) is 6.35. The Labute approximate surface area is 194 Å². The largest absolute Gasteiger partial charge is 0.304 e. The van der Waals surface area contributed by atoms with E-state index in [1.807, 2.05) is 11.9 Å². The highest BCUT2D eigenvalue weighted by Crippen LogP contribution is 2.30. The standard InChI is InChI=1S/C22H24FN7O4/c1-29(10-16-25-19(28-27-16)14-7-12(23)8-24-14)9-11-3-2-4-13-18(11)22(34)30(21(13)33)15-5-6-17(31)26-20(15)32/h2-4,12,14-15,24H,5-10H2,1H3,(H,25,27,28)(H,26,31,32)/t12-,14+,15?/m0/s1. The average molecular weight is 469 g/mol. The molecule has 178 valence electrons. The highest BCUT2D eigenvalue weighted by Gasteiger charge is 2.45. The molecule has 0 saturated carbocycles. The van der Waals surface area contributed by atoms with Gasteiger partial charge in [-0.25, -0.2) is 9.37 Å². The molecule has 1 aromatic carbocycles. The summed E-state index contributed by atoms with van der Waals surface area (Å²) in [5.41, 5.74) is 1.16. The first kappa shape index (κ1) is 22.3. The van der Waals surface area contributed by atoms with E-state index >= 15 is 0 Å². The van der Waals surface area contributed by atoms with Crippen molar-refractivity contribution in [2.45, 2.75) is 50.6 Å². The fourth-order valence-corrected chi connectivity index (χ4v) is 4.74. The molecule has 0 bridgehead atoms. The molecule has 2 saturated heterocycles. The fraction of sp³-hybridized carbons (Fsp3) is 0.455. The summed E-state index contributed by atoms with van der Waals surface area (Å²) in [5.74, 6) is -1.00. The number of H-pyrrole nitrogens is 1. The van der Waals surface area contributed by atoms with Crippen molar-refractivity contribution in [2.24, 2.45) is 0 Å². The van der Waals surface area contributed by atoms with Crippen LogP contribution in [0.15, 0.2) is 18.2 Å². The van der Waals surface area contributed by atoms with Gasteiger partial charge in [0.1, 0.15) is 18.0 Å². The minimum Gasteiger partial charge on any atom is -0.304 e. The Bertz CT molecular complexity index is 1180. The maximum Gasteiger partial charge on any atom is 0.262 e. The molecule has 3 aliphatic rings. The van der Waals surface area contributed by atoms with Crippen molar-refractivity contribution in [2.75, 3.05) is 13.6 Å². The number of halogens is 1. The van der Waals surface area contributed by atoms with Gasteiger partial charge in [0.05, 0.1) is 23.7 Å². The Balaban J connectivity index is 1.30. The van der Waals surface area contributed by atoms with E-state index in [0.717, 1.165) is 4.90 Å². The second-order valence-electron chi connectivity index (χ2n) is 8.89. The van der Waals surface area contributed by atoms with Crippen LogP contribution in [0.25, 0.3) is 0 Å². The number of alkyl halides is 1. The van der Waals surface area contributed by atoms with Crippen LogP contribution in [0.5, 0.6) is 0 Å². The van der Waals surface area contributed by atoms with E-state index in [0.29, 0.717) is 36.7 Å². The predicted molar refractivity (Wildman–Crippen MR) is 115 cm³/mol. The van der Waals surface area contributed by atoms with E-state index in [2.05, 4.69) is 25.8 Å². The number of nitrogens with zero attached hydrogens (tertiary/aromatic N) is 4. The van der Waals surface area contributed by atoms with Crippen molar-refractivity contribution in [3.63, 3.8) is 0 Å². The van der Waals surface area contributed by atoms with Gasteiger partial charge in [0, 0.05) is 25.9 Å². The lowest BCUT2D eigenvalue weighted by Crippen LogP contribution is -2.54. The van der Waals surface area contributed by atoms with E-state index < -0.39 is 35.8 Å². The first-order valence-corrected chi connectivity index (χ1v) is 11.1. The van der Waals surface area contributed by atoms with Crippen LogP contribution in [0.4, 0.5) is 4.39 Å². The quantitative estimate of drug-likeness (QED) is 0.510. The number of carbonyl (C=O) groups is 4. The Kier molecular flexibility index (Phi) is 5.70. The molecule has 0 radical (unpaired) electrons. The van der Waals surface area contributed by atoms with Crippen LogP contribution in [0.1, 0.15) is 63.2 Å². The molecule has 11 nitrogen and oxygen atoms in total. The van der Waals surface area contributed by atoms with E-state index in [9.17, 15) is 23.6 Å². The van der Waals surface area contributed by atoms with Gasteiger partial charge in [0.25, 0.3) is 11.8 Å². The zero-order chi connectivity index (χ0) is 24.0. The van der Waals surface area contributed by atoms with E-state index in [1.165, 1.54) is 0 Å². The Hall–Kier alpha value is -3.51. The summed E-state index contributed by atoms with van der Waals surface area (Å²) in [6.07, 6.45) is -0.391. The maximum atomic E-state index is 13.4. The second kappa shape index (κ2) is 8.69. The van der Waals surface area contributed by atoms with Gasteiger partial charge in [0.2, 0.25) is 11.8 Å². The first-order chi connectivity index (χ1) is 16.3. The molecule has 5 rings (SSSR count). The summed E-state index contributed by atoms with van der Waals surface area (Å²) in [6.45, 7) is 1.02. The Morgan fingerprint density at radius 2 is 2.00 bits per heavy atom. The number of piperidine rings is 1. The molecule has 4 heterocycles. The number of aromatic nitrogens is 3. The maximum absolute atomic E-state index is 13.4. The zero-order valence-electron chi connectivity index (χ0n) is 18.5. The first-order valence-electron chi connectivity index (χ1n) is 11.1. The summed E-state index contributed by atoms with van der Waals surface area (Å²) in [7, 11) is 1.84. The number of aromatic amines is 1. The van der Waals surface area contributed by atoms with Crippen molar-refractivity contribution >= 4 is 23.6 Å². The molecular formula is C22H24FN7O4. The van der Waals surface area contributed by atoms with Gasteiger partial charge in [-0.1, -0.05) is 12.1 Å². The van der Waals surface area contributed by atoms with E-state index in [1.54, 1.807) is 18.2 Å². The number of nitrogens with one attached hydrogen (secondary N) is 3. The van der Waals surface area contributed by atoms with Gasteiger partial charge < -0.3 is 5.32 Å². The lowest BCUT2D eigenvalue weighted by atomic mass is 10.0. The summed E-state index contributed by atoms with van der Waals surface area (Å²) in [5, 5.41) is 12.3. The third-order valence-electron chi connectivity index (χ3n) is 6.35. The summed E-state index contributed by atoms with van der Waals surface area (Å²) < 4.78 is 13.4. The van der Waals surface area contributed by atoms with E-state index in [-0.39, 0.29) is 36.6 Å². The Morgan fingerprint density at radius 3 is 2.74 bits per heavy atom. The van der Waals surface area contributed by atoms with Gasteiger partial charge in [-0.15, -0.1) is 0 Å². The number of amides is 4. The molecule has 1 aromatic heterocycles. The smallest absolute Gasteiger partial charge is 0.262 e. The molecular weight excluding hydrogens is 445 g/mol. The molecule has 1 unspecified atom stereocenters. The number of fused-ring (bicyclic) bond motifs is 1. The topological polar surface area (TPSA) is 140 Å². The van der Waals surface area contributed by atoms with Crippen LogP contribution in [0, 0.1) is 0 Å². The van der Waals surface area contributed by atoms with Gasteiger partial charge in [0.15, 0.2) is 5.82 Å². The van der Waals surface area contributed by atoms with Crippen LogP contribution in [0.2, 0.25) is 0 Å². The zero-order valence-corrected chi connectivity index (χ0v) is 18.5. The number of hydrogen-bond donors (Lipinski definition) is 3. The average Bonchev–Trinajstić information content (AvgIpc) is 3.49. The third kappa shape index (κ3) is 3.99. The molecule has 4 amide bonds. The molecule has 34 heavy (non-hydrogen) atoms. The van der Waals surface area contributed by atoms with Gasteiger partial charge in [-0.3, -0.25) is 39.4 Å². The number of carbonyl (C=O) groups excluding carboxylic acids is 4. The van der Waals surface area contributed by atoms with Crippen molar-refractivity contribution in [1.82, 2.24) is 35.6 Å². The fourth-order valence-electron chi connectivity index (χ4n) is 4.74. The molecule has 2 fully saturated rings. The molecule has 0 spiro atoms. The number of hydrogen-bond acceptors (Lipinski definition) is 8. The predicted octanol–water partition coefficient (Wildman–Crippen LogP) is 0.210. The molecule has 12 heteroatoms. The normalized spacial score (nSPS) is 24.8. The van der Waals surface area contributed by atoms with Crippen molar-refractivity contribution < 1.29 is 23.6 Å². The van der Waals surface area contributed by atoms with Crippen LogP contribution in [-0.4, -0.2) is 74.4 Å². The van der Waals surface area contributed by atoms with Crippen molar-refractivity contribution in [3.8, 4) is 0 Å². The number of imide groups is 2. The monoisotopic (exact) mass is 469 g/mol. The highest BCUT2D eigenvalue weighted by atomic mass is 19.1. The number of rotatable bonds is 6. The SMILES string of the molecule is CN(Cc1nc([C@H]2C[C@H](F)CN2)n[nH]1)Cc1cccc2c1C(=O)N(C1CCC(=O)NC1=O)C2=O. The Morgan fingerprint density at radius 1 is 1.18 bits per heavy atom. The molecule has 3 aliphatic heterocycles. The minimum absolute atomic E-state index is 0.0704. The van der Waals surface area contributed by atoms with Gasteiger partial charge in [-0.2, -0.15) is 5.10 Å². The van der Waals surface area contributed by atoms with Crippen LogP contribution in [0.3, 0.4) is 0 Å². The van der Waals surface area contributed by atoms with Crippen molar-refractivity contribution in [3.05, 3.63) is 46.5 Å². The summed E-state index contributed by atoms with van der Waals surface area (Å²) in [4.78, 5) is 57.3. The second-order valence-corrected chi connectivity index (χ2v) is 8.89. The lowest BCUT2D eigenvalue weighted by molar-refractivity contribution is -0.136. The van der Waals surface area contributed by atoms with Crippen LogP contribution < -0.4 is 10.6 Å². The molecule has 2 aromatic rings. The van der Waals surface area contributed by atoms with E-state index in [4.69, 9.17) is 0 Å².